The van der Waals surface area contributed by atoms with Gasteiger partial charge in [0.05, 0.1) is 17.1 Å². The second kappa shape index (κ2) is 6.68. The number of halogens is 1. The molecule has 4 rings (SSSR count). The number of aromatic nitrogens is 4. The highest BCUT2D eigenvalue weighted by atomic mass is 35.5. The van der Waals surface area contributed by atoms with Gasteiger partial charge in [-0.25, -0.2) is 15.0 Å². The lowest BCUT2D eigenvalue weighted by Gasteiger charge is -2.35. The molecule has 0 bridgehead atoms. The Morgan fingerprint density at radius 3 is 2.92 bits per heavy atom. The predicted molar refractivity (Wildman–Crippen MR) is 92.3 cm³/mol. The number of fused-ring (bicyclic) bond motifs is 1. The lowest BCUT2D eigenvalue weighted by atomic mass is 9.99. The molecule has 1 fully saturated rings. The molecule has 3 aromatic rings. The van der Waals surface area contributed by atoms with E-state index in [4.69, 9.17) is 16.3 Å². The Labute approximate surface area is 149 Å². The van der Waals surface area contributed by atoms with Gasteiger partial charge in [0.2, 0.25) is 6.41 Å². The normalized spacial score (nSPS) is 20.6. The lowest BCUT2D eigenvalue weighted by Crippen LogP contribution is -2.40. The number of amides is 1. The van der Waals surface area contributed by atoms with Crippen LogP contribution in [0, 0.1) is 0 Å². The van der Waals surface area contributed by atoms with E-state index in [0.717, 1.165) is 23.3 Å². The van der Waals surface area contributed by atoms with Gasteiger partial charge in [-0.05, 0) is 12.1 Å². The summed E-state index contributed by atoms with van der Waals surface area (Å²) in [6.45, 7) is 0.577. The van der Waals surface area contributed by atoms with Crippen LogP contribution in [0.3, 0.4) is 0 Å². The van der Waals surface area contributed by atoms with E-state index in [9.17, 15) is 4.79 Å². The predicted octanol–water partition coefficient (Wildman–Crippen LogP) is 2.75. The number of hydrogen-bond donors (Lipinski definition) is 1. The van der Waals surface area contributed by atoms with Gasteiger partial charge in [0.15, 0.2) is 5.15 Å². The fourth-order valence-corrected chi connectivity index (χ4v) is 3.28. The molecule has 1 aliphatic heterocycles. The molecular formula is C17H16ClN5O2. The van der Waals surface area contributed by atoms with Gasteiger partial charge in [-0.3, -0.25) is 4.79 Å². The first-order valence-corrected chi connectivity index (χ1v) is 8.41. The topological polar surface area (TPSA) is 84.0 Å². The van der Waals surface area contributed by atoms with Gasteiger partial charge >= 0.3 is 0 Å². The molecule has 1 amide bonds. The third-order valence-electron chi connectivity index (χ3n) is 4.36. The SMILES string of the molecule is O=CN1CC[C@H](Oc2nccnc2Cl)C[C@@H]1c1nc2ccccc2[nH]1. The van der Waals surface area contributed by atoms with E-state index in [-0.39, 0.29) is 17.3 Å². The summed E-state index contributed by atoms with van der Waals surface area (Å²) in [6.07, 6.45) is 5.10. The molecule has 0 radical (unpaired) electrons. The summed E-state index contributed by atoms with van der Waals surface area (Å²) in [4.78, 5) is 29.3. The Bertz CT molecular complexity index is 866. The minimum Gasteiger partial charge on any atom is -0.472 e. The van der Waals surface area contributed by atoms with Gasteiger partial charge in [0.1, 0.15) is 11.9 Å². The van der Waals surface area contributed by atoms with Crippen LogP contribution in [0.4, 0.5) is 0 Å². The van der Waals surface area contributed by atoms with E-state index in [1.807, 2.05) is 24.3 Å². The van der Waals surface area contributed by atoms with Crippen LogP contribution in [0.5, 0.6) is 5.88 Å². The Morgan fingerprint density at radius 1 is 1.28 bits per heavy atom. The molecule has 1 N–H and O–H groups in total. The van der Waals surface area contributed by atoms with Crippen molar-refractivity contribution in [3.63, 3.8) is 0 Å². The number of para-hydroxylation sites is 2. The minimum absolute atomic E-state index is 0.122. The van der Waals surface area contributed by atoms with Gasteiger partial charge in [-0.1, -0.05) is 23.7 Å². The number of carbonyl (C=O) groups is 1. The fraction of sp³-hybridized carbons (Fsp3) is 0.294. The van der Waals surface area contributed by atoms with E-state index in [1.54, 1.807) is 11.1 Å². The molecular weight excluding hydrogens is 342 g/mol. The second-order valence-corrected chi connectivity index (χ2v) is 6.27. The maximum absolute atomic E-state index is 11.5. The van der Waals surface area contributed by atoms with Crippen LogP contribution in [0.1, 0.15) is 24.7 Å². The first-order chi connectivity index (χ1) is 12.2. The summed E-state index contributed by atoms with van der Waals surface area (Å²) in [5.41, 5.74) is 1.83. The number of hydrogen-bond acceptors (Lipinski definition) is 5. The van der Waals surface area contributed by atoms with Gasteiger partial charge in [0.25, 0.3) is 5.88 Å². The van der Waals surface area contributed by atoms with Crippen LogP contribution in [-0.4, -0.2) is 43.9 Å². The molecule has 1 saturated heterocycles. The summed E-state index contributed by atoms with van der Waals surface area (Å²) in [6, 6.07) is 7.61. The maximum atomic E-state index is 11.5. The third kappa shape index (κ3) is 3.15. The summed E-state index contributed by atoms with van der Waals surface area (Å²) < 4.78 is 5.91. The molecule has 7 nitrogen and oxygen atoms in total. The molecule has 0 spiro atoms. The van der Waals surface area contributed by atoms with Crippen molar-refractivity contribution in [2.75, 3.05) is 6.54 Å². The number of rotatable bonds is 4. The standard InChI is InChI=1S/C17H16ClN5O2/c18-15-17(20-7-6-19-15)25-11-5-8-23(10-24)14(9-11)16-21-12-3-1-2-4-13(12)22-16/h1-4,6-7,10-11,14H,5,8-9H2,(H,21,22)/t11-,14+/m0/s1. The monoisotopic (exact) mass is 357 g/mol. The van der Waals surface area contributed by atoms with Crippen molar-refractivity contribution < 1.29 is 9.53 Å². The number of aromatic amines is 1. The lowest BCUT2D eigenvalue weighted by molar-refractivity contribution is -0.123. The molecule has 0 saturated carbocycles. The average molecular weight is 358 g/mol. The molecule has 2 atom stereocenters. The Morgan fingerprint density at radius 2 is 2.12 bits per heavy atom. The molecule has 3 heterocycles. The molecule has 128 valence electrons. The Balaban J connectivity index is 1.58. The highest BCUT2D eigenvalue weighted by Gasteiger charge is 2.32. The van der Waals surface area contributed by atoms with Crippen LogP contribution >= 0.6 is 11.6 Å². The van der Waals surface area contributed by atoms with Crippen molar-refractivity contribution in [1.82, 2.24) is 24.8 Å². The molecule has 0 unspecified atom stereocenters. The number of nitrogens with one attached hydrogen (secondary N) is 1. The smallest absolute Gasteiger partial charge is 0.252 e. The second-order valence-electron chi connectivity index (χ2n) is 5.91. The molecule has 25 heavy (non-hydrogen) atoms. The fourth-order valence-electron chi connectivity index (χ4n) is 3.13. The number of piperidine rings is 1. The highest BCUT2D eigenvalue weighted by molar-refractivity contribution is 6.30. The van der Waals surface area contributed by atoms with E-state index in [1.165, 1.54) is 6.20 Å². The number of H-pyrrole nitrogens is 1. The number of carbonyl (C=O) groups excluding carboxylic acids is 1. The summed E-state index contributed by atoms with van der Waals surface area (Å²) in [5, 5.41) is 0.237. The molecule has 1 aromatic carbocycles. The summed E-state index contributed by atoms with van der Waals surface area (Å²) in [7, 11) is 0. The van der Waals surface area contributed by atoms with Gasteiger partial charge in [-0.2, -0.15) is 0 Å². The van der Waals surface area contributed by atoms with Gasteiger partial charge < -0.3 is 14.6 Å². The van der Waals surface area contributed by atoms with Crippen molar-refractivity contribution in [1.29, 1.82) is 0 Å². The zero-order valence-corrected chi connectivity index (χ0v) is 14.1. The molecule has 2 aromatic heterocycles. The van der Waals surface area contributed by atoms with E-state index < -0.39 is 0 Å². The van der Waals surface area contributed by atoms with Crippen LogP contribution in [0.15, 0.2) is 36.7 Å². The first-order valence-electron chi connectivity index (χ1n) is 8.03. The average Bonchev–Trinajstić information content (AvgIpc) is 3.07. The van der Waals surface area contributed by atoms with E-state index >= 15 is 0 Å². The maximum Gasteiger partial charge on any atom is 0.252 e. The third-order valence-corrected chi connectivity index (χ3v) is 4.61. The van der Waals surface area contributed by atoms with E-state index in [0.29, 0.717) is 25.3 Å². The largest absolute Gasteiger partial charge is 0.472 e. The summed E-state index contributed by atoms with van der Waals surface area (Å²) >= 11 is 6.02. The van der Waals surface area contributed by atoms with Crippen LogP contribution in [0.2, 0.25) is 5.15 Å². The Hall–Kier alpha value is -2.67. The molecule has 1 aliphatic rings. The first kappa shape index (κ1) is 15.8. The summed E-state index contributed by atoms with van der Waals surface area (Å²) in [5.74, 6) is 1.07. The zero-order valence-electron chi connectivity index (χ0n) is 13.3. The van der Waals surface area contributed by atoms with Crippen LogP contribution < -0.4 is 4.74 Å². The number of nitrogens with zero attached hydrogens (tertiary/aromatic N) is 4. The van der Waals surface area contributed by atoms with Crippen LogP contribution in [0.25, 0.3) is 11.0 Å². The highest BCUT2D eigenvalue weighted by Crippen LogP contribution is 2.32. The number of imidazole rings is 1. The Kier molecular flexibility index (Phi) is 4.23. The van der Waals surface area contributed by atoms with Crippen LogP contribution in [-0.2, 0) is 4.79 Å². The molecule has 8 heteroatoms. The van der Waals surface area contributed by atoms with Crippen molar-refractivity contribution in [3.05, 3.63) is 47.6 Å². The van der Waals surface area contributed by atoms with Crippen molar-refractivity contribution >= 4 is 29.0 Å². The number of benzene rings is 1. The van der Waals surface area contributed by atoms with Crippen molar-refractivity contribution in [2.24, 2.45) is 0 Å². The van der Waals surface area contributed by atoms with Gasteiger partial charge in [-0.15, -0.1) is 0 Å². The molecule has 0 aliphatic carbocycles. The van der Waals surface area contributed by atoms with E-state index in [2.05, 4.69) is 19.9 Å². The minimum atomic E-state index is -0.181. The van der Waals surface area contributed by atoms with Crippen molar-refractivity contribution in [3.8, 4) is 5.88 Å². The number of ether oxygens (including phenoxy) is 1. The van der Waals surface area contributed by atoms with Crippen molar-refractivity contribution in [2.45, 2.75) is 25.0 Å². The van der Waals surface area contributed by atoms with Gasteiger partial charge in [0, 0.05) is 31.8 Å². The quantitative estimate of drug-likeness (QED) is 0.726. The zero-order chi connectivity index (χ0) is 17.2. The number of likely N-dealkylation sites (tertiary alicyclic amines) is 1.